The Labute approximate surface area is 146 Å². The van der Waals surface area contributed by atoms with E-state index in [0.29, 0.717) is 6.04 Å². The van der Waals surface area contributed by atoms with Gasteiger partial charge in [0, 0.05) is 25.1 Å². The number of rotatable bonds is 6. The van der Waals surface area contributed by atoms with Gasteiger partial charge in [0.1, 0.15) is 0 Å². The maximum Gasteiger partial charge on any atom is 0.307 e. The number of aromatic nitrogens is 2. The lowest BCUT2D eigenvalue weighted by Gasteiger charge is -2.24. The topological polar surface area (TPSA) is 76.4 Å². The Morgan fingerprint density at radius 1 is 1.24 bits per heavy atom. The van der Waals surface area contributed by atoms with Crippen LogP contribution < -0.4 is 5.32 Å². The first-order chi connectivity index (χ1) is 12.2. The summed E-state index contributed by atoms with van der Waals surface area (Å²) in [7, 11) is 0. The Morgan fingerprint density at radius 2 is 2.00 bits per heavy atom. The van der Waals surface area contributed by atoms with Gasteiger partial charge in [-0.15, -0.1) is 0 Å². The van der Waals surface area contributed by atoms with E-state index in [1.807, 2.05) is 30.5 Å². The van der Waals surface area contributed by atoms with Crippen molar-refractivity contribution in [1.29, 1.82) is 0 Å². The molecular formula is C19H23N3O3. The van der Waals surface area contributed by atoms with Gasteiger partial charge in [0.15, 0.2) is 0 Å². The quantitative estimate of drug-likeness (QED) is 0.844. The molecule has 1 aliphatic heterocycles. The molecule has 1 saturated heterocycles. The minimum absolute atomic E-state index is 0.182. The zero-order valence-corrected chi connectivity index (χ0v) is 14.1. The molecular weight excluding hydrogens is 318 g/mol. The first kappa shape index (κ1) is 16.1. The van der Waals surface area contributed by atoms with Gasteiger partial charge in [0.2, 0.25) is 0 Å². The molecule has 132 valence electrons. The Bertz CT molecular complexity index is 735. The van der Waals surface area contributed by atoms with Gasteiger partial charge in [0.05, 0.1) is 24.2 Å². The van der Waals surface area contributed by atoms with Gasteiger partial charge in [-0.3, -0.25) is 9.48 Å². The molecule has 0 unspecified atom stereocenters. The fourth-order valence-electron chi connectivity index (χ4n) is 3.62. The second kappa shape index (κ2) is 6.88. The molecule has 2 atom stereocenters. The van der Waals surface area contributed by atoms with Crippen LogP contribution in [0.25, 0.3) is 0 Å². The molecule has 1 aliphatic carbocycles. The highest BCUT2D eigenvalue weighted by molar-refractivity contribution is 5.75. The molecule has 4 rings (SSSR count). The van der Waals surface area contributed by atoms with Crippen molar-refractivity contribution >= 4 is 11.7 Å². The van der Waals surface area contributed by atoms with Crippen molar-refractivity contribution in [2.45, 2.75) is 37.8 Å². The highest BCUT2D eigenvalue weighted by atomic mass is 16.5. The number of anilines is 1. The van der Waals surface area contributed by atoms with Crippen molar-refractivity contribution in [2.75, 3.05) is 18.5 Å². The lowest BCUT2D eigenvalue weighted by molar-refractivity contribution is -0.138. The lowest BCUT2D eigenvalue weighted by Crippen LogP contribution is -2.22. The molecule has 1 saturated carbocycles. The van der Waals surface area contributed by atoms with Crippen LogP contribution in [0.4, 0.5) is 5.69 Å². The molecule has 2 N–H and O–H groups in total. The molecule has 1 aromatic heterocycles. The molecule has 25 heavy (non-hydrogen) atoms. The fraction of sp³-hybridized carbons (Fsp3) is 0.474. The Morgan fingerprint density at radius 3 is 2.68 bits per heavy atom. The Hall–Kier alpha value is -2.34. The smallest absolute Gasteiger partial charge is 0.307 e. The van der Waals surface area contributed by atoms with Gasteiger partial charge in [0.25, 0.3) is 0 Å². The summed E-state index contributed by atoms with van der Waals surface area (Å²) >= 11 is 0. The van der Waals surface area contributed by atoms with E-state index >= 15 is 0 Å². The van der Waals surface area contributed by atoms with Crippen molar-refractivity contribution in [3.63, 3.8) is 0 Å². The van der Waals surface area contributed by atoms with E-state index in [4.69, 9.17) is 9.84 Å². The number of carboxylic acids is 1. The first-order valence-corrected chi connectivity index (χ1v) is 8.89. The number of carbonyl (C=O) groups is 1. The summed E-state index contributed by atoms with van der Waals surface area (Å²) in [6.45, 7) is 2.33. The van der Waals surface area contributed by atoms with Gasteiger partial charge in [-0.1, -0.05) is 12.1 Å². The van der Waals surface area contributed by atoms with Crippen LogP contribution in [-0.4, -0.2) is 34.1 Å². The molecule has 6 nitrogen and oxygen atoms in total. The number of hydrogen-bond donors (Lipinski definition) is 2. The first-order valence-electron chi connectivity index (χ1n) is 8.89. The summed E-state index contributed by atoms with van der Waals surface area (Å²) in [4.78, 5) is 11.0. The van der Waals surface area contributed by atoms with Crippen LogP contribution in [0.3, 0.4) is 0 Å². The highest BCUT2D eigenvalue weighted by Crippen LogP contribution is 2.47. The standard InChI is InChI=1S/C19H23N3O3/c23-19(24)18-11-17(18)13-1-3-14(4-2-13)20-12-16-5-8-21-22(16)15-6-9-25-10-7-15/h1-5,8,15,17-18,20H,6-7,9-12H2,(H,23,24)/t17-,18+/m0/s1. The van der Waals surface area contributed by atoms with Crippen molar-refractivity contribution in [3.05, 3.63) is 47.8 Å². The number of nitrogens with zero attached hydrogens (tertiary/aromatic N) is 2. The fourth-order valence-corrected chi connectivity index (χ4v) is 3.62. The second-order valence-electron chi connectivity index (χ2n) is 6.87. The normalized spacial score (nSPS) is 23.4. The predicted octanol–water partition coefficient (Wildman–Crippen LogP) is 3.03. The SMILES string of the molecule is O=C(O)[C@@H]1C[C@H]1c1ccc(NCc2ccnn2C2CCOCC2)cc1. The summed E-state index contributed by atoms with van der Waals surface area (Å²) in [5.74, 6) is -0.706. The second-order valence-corrected chi connectivity index (χ2v) is 6.87. The number of carboxylic acid groups (broad SMARTS) is 1. The van der Waals surface area contributed by atoms with Crippen molar-refractivity contribution in [1.82, 2.24) is 9.78 Å². The van der Waals surface area contributed by atoms with E-state index < -0.39 is 5.97 Å². The Balaban J connectivity index is 1.36. The number of aliphatic carboxylic acids is 1. The largest absolute Gasteiger partial charge is 0.481 e. The minimum atomic E-state index is -0.687. The molecule has 0 bridgehead atoms. The van der Waals surface area contributed by atoms with Crippen LogP contribution in [0.5, 0.6) is 0 Å². The average molecular weight is 341 g/mol. The zero-order valence-electron chi connectivity index (χ0n) is 14.1. The number of hydrogen-bond acceptors (Lipinski definition) is 4. The van der Waals surface area contributed by atoms with Crippen molar-refractivity contribution in [3.8, 4) is 0 Å². The van der Waals surface area contributed by atoms with Crippen LogP contribution >= 0.6 is 0 Å². The Kier molecular flexibility index (Phi) is 4.44. The van der Waals surface area contributed by atoms with E-state index in [1.165, 1.54) is 5.69 Å². The third-order valence-corrected chi connectivity index (χ3v) is 5.21. The van der Waals surface area contributed by atoms with Gasteiger partial charge < -0.3 is 15.2 Å². The summed E-state index contributed by atoms with van der Waals surface area (Å²) < 4.78 is 7.55. The van der Waals surface area contributed by atoms with E-state index in [0.717, 1.165) is 50.3 Å². The number of nitrogens with one attached hydrogen (secondary N) is 1. The summed E-state index contributed by atoms with van der Waals surface area (Å²) in [5.41, 5.74) is 3.32. The van der Waals surface area contributed by atoms with Crippen LogP contribution in [0.2, 0.25) is 0 Å². The van der Waals surface area contributed by atoms with Crippen LogP contribution in [0, 0.1) is 5.92 Å². The molecule has 2 aliphatic rings. The van der Waals surface area contributed by atoms with E-state index in [-0.39, 0.29) is 11.8 Å². The van der Waals surface area contributed by atoms with Crippen molar-refractivity contribution < 1.29 is 14.6 Å². The maximum atomic E-state index is 11.0. The van der Waals surface area contributed by atoms with Crippen LogP contribution in [-0.2, 0) is 16.1 Å². The summed E-state index contributed by atoms with van der Waals surface area (Å²) in [6.07, 6.45) is 4.63. The molecule has 2 aromatic rings. The zero-order chi connectivity index (χ0) is 17.2. The minimum Gasteiger partial charge on any atom is -0.481 e. The summed E-state index contributed by atoms with van der Waals surface area (Å²) in [5, 5.41) is 17.0. The van der Waals surface area contributed by atoms with E-state index in [1.54, 1.807) is 0 Å². The third kappa shape index (κ3) is 3.54. The molecule has 0 spiro atoms. The molecule has 0 amide bonds. The third-order valence-electron chi connectivity index (χ3n) is 5.21. The summed E-state index contributed by atoms with van der Waals surface area (Å²) in [6, 6.07) is 10.6. The molecule has 0 radical (unpaired) electrons. The number of ether oxygens (including phenoxy) is 1. The lowest BCUT2D eigenvalue weighted by atomic mass is 10.1. The predicted molar refractivity (Wildman–Crippen MR) is 93.6 cm³/mol. The van der Waals surface area contributed by atoms with Crippen molar-refractivity contribution in [2.24, 2.45) is 5.92 Å². The van der Waals surface area contributed by atoms with Gasteiger partial charge in [-0.25, -0.2) is 0 Å². The van der Waals surface area contributed by atoms with Crippen LogP contribution in [0.1, 0.15) is 42.5 Å². The molecule has 2 heterocycles. The maximum absolute atomic E-state index is 11.0. The average Bonchev–Trinajstić information content (AvgIpc) is 3.32. The number of benzene rings is 1. The molecule has 6 heteroatoms. The van der Waals surface area contributed by atoms with E-state index in [9.17, 15) is 4.79 Å². The molecule has 1 aromatic carbocycles. The monoisotopic (exact) mass is 341 g/mol. The van der Waals surface area contributed by atoms with Gasteiger partial charge >= 0.3 is 5.97 Å². The van der Waals surface area contributed by atoms with Gasteiger partial charge in [-0.2, -0.15) is 5.10 Å². The highest BCUT2D eigenvalue weighted by Gasteiger charge is 2.43. The van der Waals surface area contributed by atoms with Crippen LogP contribution in [0.15, 0.2) is 36.5 Å². The van der Waals surface area contributed by atoms with Gasteiger partial charge in [-0.05, 0) is 48.9 Å². The van der Waals surface area contributed by atoms with E-state index in [2.05, 4.69) is 21.2 Å². The molecule has 2 fully saturated rings.